The van der Waals surface area contributed by atoms with E-state index in [9.17, 15) is 4.79 Å². The van der Waals surface area contributed by atoms with Crippen molar-refractivity contribution in [3.05, 3.63) is 65.8 Å². The van der Waals surface area contributed by atoms with Gasteiger partial charge in [-0.15, -0.1) is 0 Å². The molecule has 3 heterocycles. The van der Waals surface area contributed by atoms with Crippen molar-refractivity contribution >= 4 is 45.7 Å². The SMILES string of the molecule is COc1ccc(Cl)cc1NC(=O)N1CCN(c2nc3ccccc3n3cccc23)CC1. The van der Waals surface area contributed by atoms with Crippen LogP contribution in [0.4, 0.5) is 16.3 Å². The summed E-state index contributed by atoms with van der Waals surface area (Å²) in [6, 6.07) is 17.2. The molecule has 31 heavy (non-hydrogen) atoms. The molecule has 0 bridgehead atoms. The zero-order valence-corrected chi connectivity index (χ0v) is 17.8. The fraction of sp³-hybridized carbons (Fsp3) is 0.217. The number of anilines is 2. The normalized spacial score (nSPS) is 14.3. The van der Waals surface area contributed by atoms with Crippen LogP contribution in [0.2, 0.25) is 5.02 Å². The standard InChI is InChI=1S/C23H22ClN5O2/c1-31-21-9-8-16(24)15-18(21)26-23(30)28-13-11-27(12-14-28)22-20-7-4-10-29(20)19-6-3-2-5-17(19)25-22/h2-10,15H,11-14H2,1H3,(H,26,30). The first-order valence-electron chi connectivity index (χ1n) is 10.1. The molecule has 7 nitrogen and oxygen atoms in total. The molecule has 1 saturated heterocycles. The molecule has 1 aliphatic heterocycles. The van der Waals surface area contributed by atoms with Gasteiger partial charge in [0.1, 0.15) is 5.75 Å². The minimum atomic E-state index is -0.167. The number of urea groups is 1. The summed E-state index contributed by atoms with van der Waals surface area (Å²) < 4.78 is 7.49. The van der Waals surface area contributed by atoms with Gasteiger partial charge in [-0.1, -0.05) is 23.7 Å². The van der Waals surface area contributed by atoms with Crippen molar-refractivity contribution in [3.63, 3.8) is 0 Å². The van der Waals surface area contributed by atoms with Crippen molar-refractivity contribution in [2.75, 3.05) is 43.5 Å². The summed E-state index contributed by atoms with van der Waals surface area (Å²) in [7, 11) is 1.57. The van der Waals surface area contributed by atoms with E-state index in [-0.39, 0.29) is 6.03 Å². The molecule has 2 amide bonds. The summed E-state index contributed by atoms with van der Waals surface area (Å²) in [6.07, 6.45) is 2.06. The highest BCUT2D eigenvalue weighted by Crippen LogP contribution is 2.29. The Morgan fingerprint density at radius 2 is 1.81 bits per heavy atom. The number of halogens is 1. The van der Waals surface area contributed by atoms with Crippen molar-refractivity contribution < 1.29 is 9.53 Å². The Kier molecular flexibility index (Phi) is 5.03. The number of benzene rings is 2. The van der Waals surface area contributed by atoms with E-state index in [0.29, 0.717) is 42.6 Å². The minimum absolute atomic E-state index is 0.167. The molecular formula is C23H22ClN5O2. The molecule has 0 saturated carbocycles. The number of amides is 2. The van der Waals surface area contributed by atoms with Crippen molar-refractivity contribution in [3.8, 4) is 5.75 Å². The summed E-state index contributed by atoms with van der Waals surface area (Å²) in [4.78, 5) is 21.8. The Morgan fingerprint density at radius 3 is 2.61 bits per heavy atom. The van der Waals surface area contributed by atoms with E-state index in [1.807, 2.05) is 24.3 Å². The van der Waals surface area contributed by atoms with Crippen molar-refractivity contribution in [2.24, 2.45) is 0 Å². The Labute approximate surface area is 184 Å². The van der Waals surface area contributed by atoms with Gasteiger partial charge in [0.05, 0.1) is 29.3 Å². The molecule has 0 atom stereocenters. The van der Waals surface area contributed by atoms with Crippen molar-refractivity contribution in [2.45, 2.75) is 0 Å². The molecule has 4 aromatic rings. The number of nitrogens with one attached hydrogen (secondary N) is 1. The molecule has 2 aromatic heterocycles. The largest absolute Gasteiger partial charge is 0.495 e. The van der Waals surface area contributed by atoms with Gasteiger partial charge in [0, 0.05) is 37.4 Å². The predicted octanol–water partition coefficient (Wildman–Crippen LogP) is 4.50. The molecule has 1 aliphatic rings. The van der Waals surface area contributed by atoms with Crippen LogP contribution in [0.25, 0.3) is 16.6 Å². The van der Waals surface area contributed by atoms with Gasteiger partial charge in [-0.25, -0.2) is 9.78 Å². The average molecular weight is 436 g/mol. The number of aromatic nitrogens is 2. The number of piperazine rings is 1. The van der Waals surface area contributed by atoms with Crippen LogP contribution >= 0.6 is 11.6 Å². The number of hydrogen-bond donors (Lipinski definition) is 1. The summed E-state index contributed by atoms with van der Waals surface area (Å²) in [5, 5.41) is 3.46. The predicted molar refractivity (Wildman–Crippen MR) is 124 cm³/mol. The number of carbonyl (C=O) groups is 1. The maximum absolute atomic E-state index is 12.8. The van der Waals surface area contributed by atoms with Crippen LogP contribution in [0.1, 0.15) is 0 Å². The van der Waals surface area contributed by atoms with Gasteiger partial charge in [0.15, 0.2) is 5.82 Å². The van der Waals surface area contributed by atoms with E-state index in [4.69, 9.17) is 21.3 Å². The minimum Gasteiger partial charge on any atom is -0.495 e. The Morgan fingerprint density at radius 1 is 1.03 bits per heavy atom. The van der Waals surface area contributed by atoms with E-state index in [0.717, 1.165) is 22.4 Å². The van der Waals surface area contributed by atoms with Crippen LogP contribution < -0.4 is 15.0 Å². The maximum atomic E-state index is 12.8. The highest BCUT2D eigenvalue weighted by Gasteiger charge is 2.24. The topological polar surface area (TPSA) is 62.1 Å². The number of nitrogens with zero attached hydrogens (tertiary/aromatic N) is 4. The molecule has 5 rings (SSSR count). The van der Waals surface area contributed by atoms with Gasteiger partial charge in [-0.05, 0) is 42.5 Å². The monoisotopic (exact) mass is 435 g/mol. The van der Waals surface area contributed by atoms with E-state index in [1.54, 1.807) is 30.2 Å². The fourth-order valence-electron chi connectivity index (χ4n) is 4.03. The number of rotatable bonds is 3. The zero-order chi connectivity index (χ0) is 21.4. The lowest BCUT2D eigenvalue weighted by Gasteiger charge is -2.35. The van der Waals surface area contributed by atoms with Gasteiger partial charge >= 0.3 is 6.03 Å². The van der Waals surface area contributed by atoms with E-state index in [2.05, 4.69) is 32.9 Å². The highest BCUT2D eigenvalue weighted by atomic mass is 35.5. The lowest BCUT2D eigenvalue weighted by atomic mass is 10.2. The lowest BCUT2D eigenvalue weighted by Crippen LogP contribution is -2.50. The second-order valence-corrected chi connectivity index (χ2v) is 7.87. The number of ether oxygens (including phenoxy) is 1. The average Bonchev–Trinajstić information content (AvgIpc) is 3.29. The van der Waals surface area contributed by atoms with Crippen molar-refractivity contribution in [1.29, 1.82) is 0 Å². The van der Waals surface area contributed by atoms with E-state index < -0.39 is 0 Å². The first-order chi connectivity index (χ1) is 15.1. The molecular weight excluding hydrogens is 414 g/mol. The number of hydrogen-bond acceptors (Lipinski definition) is 4. The van der Waals surface area contributed by atoms with E-state index in [1.165, 1.54) is 0 Å². The Hall–Kier alpha value is -3.45. The van der Waals surface area contributed by atoms with Gasteiger partial charge in [0.25, 0.3) is 0 Å². The molecule has 0 radical (unpaired) electrons. The summed E-state index contributed by atoms with van der Waals surface area (Å²) in [5.74, 6) is 1.52. The number of fused-ring (bicyclic) bond motifs is 3. The molecule has 0 aliphatic carbocycles. The van der Waals surface area contributed by atoms with Crippen LogP contribution in [0.5, 0.6) is 5.75 Å². The zero-order valence-electron chi connectivity index (χ0n) is 17.1. The summed E-state index contributed by atoms with van der Waals surface area (Å²) in [5.41, 5.74) is 3.67. The van der Waals surface area contributed by atoms with Crippen LogP contribution in [0.3, 0.4) is 0 Å². The Bertz CT molecular complexity index is 1260. The van der Waals surface area contributed by atoms with Gasteiger partial charge in [-0.2, -0.15) is 0 Å². The molecule has 1 fully saturated rings. The number of carbonyl (C=O) groups excluding carboxylic acids is 1. The van der Waals surface area contributed by atoms with Crippen LogP contribution in [-0.2, 0) is 0 Å². The number of para-hydroxylation sites is 2. The first-order valence-corrected chi connectivity index (χ1v) is 10.5. The molecule has 158 valence electrons. The van der Waals surface area contributed by atoms with Crippen LogP contribution in [0.15, 0.2) is 60.8 Å². The maximum Gasteiger partial charge on any atom is 0.322 e. The molecule has 1 N–H and O–H groups in total. The fourth-order valence-corrected chi connectivity index (χ4v) is 4.21. The third kappa shape index (κ3) is 3.61. The quantitative estimate of drug-likeness (QED) is 0.514. The Balaban J connectivity index is 1.33. The highest BCUT2D eigenvalue weighted by molar-refractivity contribution is 6.31. The van der Waals surface area contributed by atoms with Crippen LogP contribution in [0, 0.1) is 0 Å². The molecule has 0 unspecified atom stereocenters. The van der Waals surface area contributed by atoms with Crippen molar-refractivity contribution in [1.82, 2.24) is 14.3 Å². The third-order valence-corrected chi connectivity index (χ3v) is 5.85. The van der Waals surface area contributed by atoms with Crippen LogP contribution in [-0.4, -0.2) is 53.6 Å². The van der Waals surface area contributed by atoms with Gasteiger partial charge < -0.3 is 24.3 Å². The summed E-state index contributed by atoms with van der Waals surface area (Å²) >= 11 is 6.07. The van der Waals surface area contributed by atoms with Gasteiger partial charge in [0.2, 0.25) is 0 Å². The number of methoxy groups -OCH3 is 1. The molecule has 2 aromatic carbocycles. The first kappa shape index (κ1) is 19.5. The van der Waals surface area contributed by atoms with E-state index >= 15 is 0 Å². The third-order valence-electron chi connectivity index (χ3n) is 5.62. The molecule has 8 heteroatoms. The second kappa shape index (κ2) is 8.00. The lowest BCUT2D eigenvalue weighted by molar-refractivity contribution is 0.208. The molecule has 0 spiro atoms. The van der Waals surface area contributed by atoms with Gasteiger partial charge in [-0.3, -0.25) is 0 Å². The summed E-state index contributed by atoms with van der Waals surface area (Å²) in [6.45, 7) is 2.59. The smallest absolute Gasteiger partial charge is 0.322 e. The second-order valence-electron chi connectivity index (χ2n) is 7.44.